The Balaban J connectivity index is 1.29. The summed E-state index contributed by atoms with van der Waals surface area (Å²) in [6, 6.07) is 24.7. The molecule has 1 saturated heterocycles. The molecule has 5 aromatic rings. The summed E-state index contributed by atoms with van der Waals surface area (Å²) in [7, 11) is 0. The maximum absolute atomic E-state index is 5.95. The van der Waals surface area contributed by atoms with Gasteiger partial charge in [-0.1, -0.05) is 37.3 Å². The van der Waals surface area contributed by atoms with E-state index >= 15 is 0 Å². The summed E-state index contributed by atoms with van der Waals surface area (Å²) in [4.78, 5) is 5.10. The summed E-state index contributed by atoms with van der Waals surface area (Å²) in [6.45, 7) is 4.22. The standard InChI is InChI=1S/C29H29N5O2/c1-2-26-25-12-13-27(31-29(25)34(32-26)23-15-18-35-19-16-23)28-14-17-30-33(28)22-8-10-24(11-9-22)36-20-21-6-4-3-5-7-21/h3-14,17,23H,2,15-16,18-20H2,1H3. The molecule has 182 valence electrons. The van der Waals surface area contributed by atoms with Crippen molar-refractivity contribution < 1.29 is 9.47 Å². The van der Waals surface area contributed by atoms with Crippen LogP contribution in [0.15, 0.2) is 79.0 Å². The van der Waals surface area contributed by atoms with E-state index in [-0.39, 0.29) is 0 Å². The molecule has 6 rings (SSSR count). The number of rotatable bonds is 7. The van der Waals surface area contributed by atoms with Gasteiger partial charge in [0.15, 0.2) is 5.65 Å². The summed E-state index contributed by atoms with van der Waals surface area (Å²) >= 11 is 0. The van der Waals surface area contributed by atoms with Gasteiger partial charge in [0.05, 0.1) is 35.0 Å². The second kappa shape index (κ2) is 9.95. The van der Waals surface area contributed by atoms with Crippen LogP contribution in [0.4, 0.5) is 0 Å². The lowest BCUT2D eigenvalue weighted by Crippen LogP contribution is -2.21. The van der Waals surface area contributed by atoms with Gasteiger partial charge >= 0.3 is 0 Å². The highest BCUT2D eigenvalue weighted by molar-refractivity contribution is 5.81. The van der Waals surface area contributed by atoms with Crippen molar-refractivity contribution in [1.29, 1.82) is 0 Å². The Morgan fingerprint density at radius 1 is 0.944 bits per heavy atom. The van der Waals surface area contributed by atoms with Crippen LogP contribution < -0.4 is 4.74 Å². The van der Waals surface area contributed by atoms with Gasteiger partial charge in [0.25, 0.3) is 0 Å². The summed E-state index contributed by atoms with van der Waals surface area (Å²) in [5.41, 5.74) is 5.94. The third-order valence-electron chi connectivity index (χ3n) is 6.74. The maximum atomic E-state index is 5.95. The lowest BCUT2D eigenvalue weighted by atomic mass is 10.1. The number of aromatic nitrogens is 5. The van der Waals surface area contributed by atoms with Gasteiger partial charge < -0.3 is 9.47 Å². The van der Waals surface area contributed by atoms with Gasteiger partial charge in [0.1, 0.15) is 12.4 Å². The van der Waals surface area contributed by atoms with Crippen LogP contribution in [0, 0.1) is 0 Å². The largest absolute Gasteiger partial charge is 0.489 e. The number of ether oxygens (including phenoxy) is 2. The normalized spacial score (nSPS) is 14.4. The Labute approximate surface area is 210 Å². The molecule has 7 nitrogen and oxygen atoms in total. The number of hydrogen-bond donors (Lipinski definition) is 0. The summed E-state index contributed by atoms with van der Waals surface area (Å²) in [6.07, 6.45) is 4.61. The van der Waals surface area contributed by atoms with Crippen molar-refractivity contribution in [3.63, 3.8) is 0 Å². The van der Waals surface area contributed by atoms with E-state index in [9.17, 15) is 0 Å². The fraction of sp³-hybridized carbons (Fsp3) is 0.276. The fourth-order valence-corrected chi connectivity index (χ4v) is 4.80. The number of nitrogens with zero attached hydrogens (tertiary/aromatic N) is 5. The zero-order chi connectivity index (χ0) is 24.3. The first-order valence-electron chi connectivity index (χ1n) is 12.6. The van der Waals surface area contributed by atoms with Gasteiger partial charge in [-0.2, -0.15) is 10.2 Å². The minimum absolute atomic E-state index is 0.317. The van der Waals surface area contributed by atoms with E-state index in [4.69, 9.17) is 19.6 Å². The lowest BCUT2D eigenvalue weighted by Gasteiger charge is -2.22. The molecule has 0 atom stereocenters. The van der Waals surface area contributed by atoms with Gasteiger partial charge in [-0.15, -0.1) is 0 Å². The molecule has 0 saturated carbocycles. The van der Waals surface area contributed by atoms with Crippen LogP contribution >= 0.6 is 0 Å². The van der Waals surface area contributed by atoms with Crippen LogP contribution in [0.25, 0.3) is 28.1 Å². The first-order chi connectivity index (χ1) is 17.8. The quantitative estimate of drug-likeness (QED) is 0.296. The van der Waals surface area contributed by atoms with Gasteiger partial charge in [0.2, 0.25) is 0 Å². The highest BCUT2D eigenvalue weighted by Crippen LogP contribution is 2.30. The van der Waals surface area contributed by atoms with E-state index in [0.29, 0.717) is 12.6 Å². The summed E-state index contributed by atoms with van der Waals surface area (Å²) < 4.78 is 15.6. The molecule has 0 unspecified atom stereocenters. The van der Waals surface area contributed by atoms with E-state index in [1.807, 2.05) is 59.4 Å². The molecule has 2 aromatic carbocycles. The highest BCUT2D eigenvalue weighted by atomic mass is 16.5. The topological polar surface area (TPSA) is 67.0 Å². The van der Waals surface area contributed by atoms with E-state index < -0.39 is 0 Å². The Hall–Kier alpha value is -3.97. The minimum Gasteiger partial charge on any atom is -0.489 e. The number of benzene rings is 2. The monoisotopic (exact) mass is 479 g/mol. The van der Waals surface area contributed by atoms with Crippen LogP contribution in [0.1, 0.15) is 37.1 Å². The first kappa shape index (κ1) is 22.5. The second-order valence-corrected chi connectivity index (χ2v) is 9.05. The third-order valence-corrected chi connectivity index (χ3v) is 6.74. The SMILES string of the molecule is CCc1nn(C2CCOCC2)c2nc(-c3ccnn3-c3ccc(OCc4ccccc4)cc3)ccc12. The molecule has 0 N–H and O–H groups in total. The van der Waals surface area contributed by atoms with Gasteiger partial charge in [-0.05, 0) is 67.3 Å². The van der Waals surface area contributed by atoms with Crippen LogP contribution in [0.2, 0.25) is 0 Å². The van der Waals surface area contributed by atoms with Gasteiger partial charge in [0, 0.05) is 18.6 Å². The first-order valence-corrected chi connectivity index (χ1v) is 12.6. The molecule has 4 heterocycles. The summed E-state index contributed by atoms with van der Waals surface area (Å²) in [5, 5.41) is 10.7. The smallest absolute Gasteiger partial charge is 0.159 e. The van der Waals surface area contributed by atoms with Crippen molar-refractivity contribution in [2.45, 2.75) is 38.8 Å². The third kappa shape index (κ3) is 4.38. The Morgan fingerprint density at radius 2 is 1.75 bits per heavy atom. The molecule has 0 bridgehead atoms. The van der Waals surface area contributed by atoms with E-state index in [2.05, 4.69) is 41.0 Å². The maximum Gasteiger partial charge on any atom is 0.159 e. The highest BCUT2D eigenvalue weighted by Gasteiger charge is 2.22. The molecule has 7 heteroatoms. The van der Waals surface area contributed by atoms with Crippen molar-refractivity contribution in [1.82, 2.24) is 24.5 Å². The Morgan fingerprint density at radius 3 is 2.53 bits per heavy atom. The molecular formula is C29H29N5O2. The number of pyridine rings is 1. The number of hydrogen-bond acceptors (Lipinski definition) is 5. The molecule has 1 aliphatic rings. The van der Waals surface area contributed by atoms with Gasteiger partial charge in [-0.25, -0.2) is 14.3 Å². The van der Waals surface area contributed by atoms with E-state index in [0.717, 1.165) is 77.6 Å². The predicted octanol–water partition coefficient (Wildman–Crippen LogP) is 5.78. The number of fused-ring (bicyclic) bond motifs is 1. The fourth-order valence-electron chi connectivity index (χ4n) is 4.80. The zero-order valence-corrected chi connectivity index (χ0v) is 20.4. The molecule has 3 aromatic heterocycles. The molecule has 0 spiro atoms. The molecule has 0 amide bonds. The van der Waals surface area contributed by atoms with E-state index in [1.54, 1.807) is 0 Å². The average molecular weight is 480 g/mol. The lowest BCUT2D eigenvalue weighted by molar-refractivity contribution is 0.0672. The molecule has 36 heavy (non-hydrogen) atoms. The van der Waals surface area contributed by atoms with Crippen molar-refractivity contribution in [2.75, 3.05) is 13.2 Å². The van der Waals surface area contributed by atoms with Crippen LogP contribution in [0.5, 0.6) is 5.75 Å². The van der Waals surface area contributed by atoms with Crippen LogP contribution in [-0.2, 0) is 17.8 Å². The molecule has 0 radical (unpaired) electrons. The second-order valence-electron chi connectivity index (χ2n) is 9.05. The minimum atomic E-state index is 0.317. The van der Waals surface area contributed by atoms with Crippen LogP contribution in [-0.4, -0.2) is 37.8 Å². The predicted molar refractivity (Wildman–Crippen MR) is 139 cm³/mol. The van der Waals surface area contributed by atoms with Gasteiger partial charge in [-0.3, -0.25) is 0 Å². The molecular weight excluding hydrogens is 450 g/mol. The molecule has 1 aliphatic heterocycles. The van der Waals surface area contributed by atoms with Crippen molar-refractivity contribution >= 4 is 11.0 Å². The van der Waals surface area contributed by atoms with Crippen LogP contribution in [0.3, 0.4) is 0 Å². The summed E-state index contributed by atoms with van der Waals surface area (Å²) in [5.74, 6) is 0.823. The zero-order valence-electron chi connectivity index (χ0n) is 20.4. The molecule has 0 aliphatic carbocycles. The Bertz CT molecular complexity index is 1450. The van der Waals surface area contributed by atoms with E-state index in [1.165, 1.54) is 0 Å². The molecule has 1 fully saturated rings. The van der Waals surface area contributed by atoms with Crippen molar-refractivity contribution in [3.05, 3.63) is 90.3 Å². The average Bonchev–Trinajstić information content (AvgIpc) is 3.58. The van der Waals surface area contributed by atoms with Crippen molar-refractivity contribution in [2.24, 2.45) is 0 Å². The Kier molecular flexibility index (Phi) is 6.22. The van der Waals surface area contributed by atoms with Crippen molar-refractivity contribution in [3.8, 4) is 22.8 Å². The number of aryl methyl sites for hydroxylation is 1.